The van der Waals surface area contributed by atoms with E-state index in [1.54, 1.807) is 0 Å². The normalized spacial score (nSPS) is 25.9. The molecular weight excluding hydrogens is 277 g/mol. The first-order valence-electron chi connectivity index (χ1n) is 7.16. The predicted octanol–water partition coefficient (Wildman–Crippen LogP) is 4.91. The summed E-state index contributed by atoms with van der Waals surface area (Å²) in [5, 5.41) is 4.92. The van der Waals surface area contributed by atoms with E-state index < -0.39 is 0 Å². The van der Waals surface area contributed by atoms with Crippen LogP contribution in [0.4, 0.5) is 0 Å². The van der Waals surface area contributed by atoms with Crippen LogP contribution in [0.1, 0.15) is 39.2 Å². The van der Waals surface area contributed by atoms with Crippen LogP contribution in [0.5, 0.6) is 0 Å². The van der Waals surface area contributed by atoms with E-state index in [9.17, 15) is 0 Å². The van der Waals surface area contributed by atoms with Crippen molar-refractivity contribution in [2.45, 2.75) is 39.0 Å². The molecule has 1 nitrogen and oxygen atoms in total. The lowest BCUT2D eigenvalue weighted by Gasteiger charge is -2.20. The SMILES string of the molecule is CCC1CC1(CNCC(C)C)c1ccc(Cl)c(Cl)c1. The highest BCUT2D eigenvalue weighted by Crippen LogP contribution is 2.56. The zero-order valence-corrected chi connectivity index (χ0v) is 13.5. The molecule has 1 aromatic rings. The summed E-state index contributed by atoms with van der Waals surface area (Å²) in [5.41, 5.74) is 1.61. The lowest BCUT2D eigenvalue weighted by Crippen LogP contribution is -2.31. The third-order valence-corrected chi connectivity index (χ3v) is 4.95. The van der Waals surface area contributed by atoms with Crippen LogP contribution in [0.2, 0.25) is 10.0 Å². The number of hydrogen-bond acceptors (Lipinski definition) is 1. The molecule has 1 aliphatic carbocycles. The predicted molar refractivity (Wildman–Crippen MR) is 84.2 cm³/mol. The zero-order chi connectivity index (χ0) is 14.0. The second-order valence-electron chi connectivity index (χ2n) is 6.12. The molecule has 0 saturated heterocycles. The fourth-order valence-electron chi connectivity index (χ4n) is 2.98. The van der Waals surface area contributed by atoms with Crippen LogP contribution in [-0.2, 0) is 5.41 Å². The average molecular weight is 300 g/mol. The monoisotopic (exact) mass is 299 g/mol. The first-order valence-corrected chi connectivity index (χ1v) is 7.91. The van der Waals surface area contributed by atoms with Gasteiger partial charge in [-0.3, -0.25) is 0 Å². The Bertz CT molecular complexity index is 444. The maximum atomic E-state index is 6.17. The summed E-state index contributed by atoms with van der Waals surface area (Å²) in [6.07, 6.45) is 2.48. The Kier molecular flexibility index (Phi) is 4.81. The van der Waals surface area contributed by atoms with Crippen LogP contribution in [0, 0.1) is 11.8 Å². The van der Waals surface area contributed by atoms with E-state index in [2.05, 4.69) is 38.2 Å². The van der Waals surface area contributed by atoms with E-state index in [1.165, 1.54) is 18.4 Å². The summed E-state index contributed by atoms with van der Waals surface area (Å²) in [5.74, 6) is 1.45. The summed E-state index contributed by atoms with van der Waals surface area (Å²) in [7, 11) is 0. The second kappa shape index (κ2) is 6.03. The van der Waals surface area contributed by atoms with E-state index in [0.717, 1.165) is 19.0 Å². The van der Waals surface area contributed by atoms with Crippen molar-refractivity contribution < 1.29 is 0 Å². The minimum Gasteiger partial charge on any atom is -0.316 e. The van der Waals surface area contributed by atoms with Crippen molar-refractivity contribution in [3.63, 3.8) is 0 Å². The Balaban J connectivity index is 2.13. The molecule has 1 aromatic carbocycles. The van der Waals surface area contributed by atoms with Gasteiger partial charge >= 0.3 is 0 Å². The van der Waals surface area contributed by atoms with Crippen molar-refractivity contribution in [1.29, 1.82) is 0 Å². The van der Waals surface area contributed by atoms with Crippen molar-refractivity contribution >= 4 is 23.2 Å². The third-order valence-electron chi connectivity index (χ3n) is 4.21. The topological polar surface area (TPSA) is 12.0 Å². The lowest BCUT2D eigenvalue weighted by molar-refractivity contribution is 0.483. The van der Waals surface area contributed by atoms with Crippen molar-refractivity contribution in [2.75, 3.05) is 13.1 Å². The molecule has 2 unspecified atom stereocenters. The standard InChI is InChI=1S/C16H23Cl2N/c1-4-12-8-16(12,10-19-9-11(2)3)13-5-6-14(17)15(18)7-13/h5-7,11-12,19H,4,8-10H2,1-3H3. The van der Waals surface area contributed by atoms with Crippen LogP contribution in [0.3, 0.4) is 0 Å². The Labute approximate surface area is 126 Å². The quantitative estimate of drug-likeness (QED) is 0.787. The molecule has 0 amide bonds. The number of halogens is 2. The Morgan fingerprint density at radius 2 is 2.05 bits per heavy atom. The molecule has 2 rings (SSSR count). The highest BCUT2D eigenvalue weighted by atomic mass is 35.5. The summed E-state index contributed by atoms with van der Waals surface area (Å²) in [6.45, 7) is 8.86. The molecule has 1 fully saturated rings. The van der Waals surface area contributed by atoms with Gasteiger partial charge in [0.15, 0.2) is 0 Å². The molecule has 3 heteroatoms. The van der Waals surface area contributed by atoms with Gasteiger partial charge in [0.1, 0.15) is 0 Å². The Hall–Kier alpha value is -0.240. The minimum atomic E-state index is 0.276. The molecule has 1 aliphatic rings. The molecule has 1 saturated carbocycles. The smallest absolute Gasteiger partial charge is 0.0595 e. The lowest BCUT2D eigenvalue weighted by atomic mass is 9.92. The van der Waals surface area contributed by atoms with Gasteiger partial charge in [0.2, 0.25) is 0 Å². The molecule has 2 atom stereocenters. The van der Waals surface area contributed by atoms with Gasteiger partial charge in [-0.05, 0) is 42.5 Å². The molecule has 0 aliphatic heterocycles. The van der Waals surface area contributed by atoms with Gasteiger partial charge < -0.3 is 5.32 Å². The van der Waals surface area contributed by atoms with Gasteiger partial charge in [-0.25, -0.2) is 0 Å². The van der Waals surface area contributed by atoms with Crippen LogP contribution >= 0.6 is 23.2 Å². The zero-order valence-electron chi connectivity index (χ0n) is 12.0. The number of nitrogens with one attached hydrogen (secondary N) is 1. The summed E-state index contributed by atoms with van der Waals surface area (Å²) < 4.78 is 0. The van der Waals surface area contributed by atoms with Gasteiger partial charge in [-0.1, -0.05) is 56.5 Å². The Morgan fingerprint density at radius 3 is 2.58 bits per heavy atom. The molecular formula is C16H23Cl2N. The largest absolute Gasteiger partial charge is 0.316 e. The highest BCUT2D eigenvalue weighted by Gasteiger charge is 2.53. The molecule has 106 valence electrons. The van der Waals surface area contributed by atoms with Crippen molar-refractivity contribution in [1.82, 2.24) is 5.32 Å². The molecule has 0 bridgehead atoms. The van der Waals surface area contributed by atoms with E-state index >= 15 is 0 Å². The van der Waals surface area contributed by atoms with Gasteiger partial charge in [-0.15, -0.1) is 0 Å². The van der Waals surface area contributed by atoms with E-state index in [0.29, 0.717) is 16.0 Å². The summed E-state index contributed by atoms with van der Waals surface area (Å²) in [4.78, 5) is 0. The Morgan fingerprint density at radius 1 is 1.32 bits per heavy atom. The number of hydrogen-bond donors (Lipinski definition) is 1. The first kappa shape index (κ1) is 15.2. The minimum absolute atomic E-state index is 0.276. The van der Waals surface area contributed by atoms with Crippen molar-refractivity contribution in [3.8, 4) is 0 Å². The van der Waals surface area contributed by atoms with Crippen LogP contribution in [0.25, 0.3) is 0 Å². The van der Waals surface area contributed by atoms with E-state index in [4.69, 9.17) is 23.2 Å². The van der Waals surface area contributed by atoms with Gasteiger partial charge in [0.05, 0.1) is 10.0 Å². The number of rotatable bonds is 6. The van der Waals surface area contributed by atoms with Gasteiger partial charge in [0, 0.05) is 12.0 Å². The molecule has 0 heterocycles. The molecule has 1 N–H and O–H groups in total. The van der Waals surface area contributed by atoms with E-state index in [1.807, 2.05) is 6.07 Å². The van der Waals surface area contributed by atoms with Gasteiger partial charge in [0.25, 0.3) is 0 Å². The fourth-order valence-corrected chi connectivity index (χ4v) is 3.28. The molecule has 0 spiro atoms. The van der Waals surface area contributed by atoms with E-state index in [-0.39, 0.29) is 5.41 Å². The number of benzene rings is 1. The maximum Gasteiger partial charge on any atom is 0.0595 e. The summed E-state index contributed by atoms with van der Waals surface area (Å²) in [6, 6.07) is 6.12. The van der Waals surface area contributed by atoms with Crippen LogP contribution < -0.4 is 5.32 Å². The van der Waals surface area contributed by atoms with Crippen LogP contribution in [-0.4, -0.2) is 13.1 Å². The first-order chi connectivity index (χ1) is 8.99. The fraction of sp³-hybridized carbons (Fsp3) is 0.625. The third kappa shape index (κ3) is 3.26. The van der Waals surface area contributed by atoms with Gasteiger partial charge in [-0.2, -0.15) is 0 Å². The summed E-state index contributed by atoms with van der Waals surface area (Å²) >= 11 is 12.2. The molecule has 19 heavy (non-hydrogen) atoms. The van der Waals surface area contributed by atoms with Crippen LogP contribution in [0.15, 0.2) is 18.2 Å². The van der Waals surface area contributed by atoms with Crippen molar-refractivity contribution in [3.05, 3.63) is 33.8 Å². The maximum absolute atomic E-state index is 6.17. The molecule has 0 aromatic heterocycles. The molecule has 0 radical (unpaired) electrons. The van der Waals surface area contributed by atoms with Crippen molar-refractivity contribution in [2.24, 2.45) is 11.8 Å². The average Bonchev–Trinajstić information content (AvgIpc) is 3.07. The second-order valence-corrected chi connectivity index (χ2v) is 6.93. The highest BCUT2D eigenvalue weighted by molar-refractivity contribution is 6.42.